The number of halogens is 2. The smallest absolute Gasteiger partial charge is 0.319 e. The number of nitrogens with one attached hydrogen (secondary N) is 2. The highest BCUT2D eigenvalue weighted by Gasteiger charge is 2.16. The third kappa shape index (κ3) is 4.09. The Labute approximate surface area is 126 Å². The molecule has 0 radical (unpaired) electrons. The molecule has 0 saturated carbocycles. The summed E-state index contributed by atoms with van der Waals surface area (Å²) in [5, 5.41) is 6.35. The minimum Gasteiger partial charge on any atom is -0.381 e. The van der Waals surface area contributed by atoms with Crippen LogP contribution in [-0.2, 0) is 4.74 Å². The molecule has 1 aliphatic rings. The molecule has 1 aromatic rings. The standard InChI is InChI=1S/C13H16BrClN2O2/c1-8-6-10(14)11(15)7-12(8)17-13(18)16-9-2-4-19-5-3-9/h6-7,9H,2-5H2,1H3,(H2,16,17,18). The second kappa shape index (κ2) is 6.59. The number of amides is 2. The highest BCUT2D eigenvalue weighted by molar-refractivity contribution is 9.10. The number of urea groups is 1. The average Bonchev–Trinajstić information content (AvgIpc) is 2.37. The Hall–Kier alpha value is -0.780. The third-order valence-corrected chi connectivity index (χ3v) is 4.27. The lowest BCUT2D eigenvalue weighted by molar-refractivity contribution is 0.0806. The van der Waals surface area contributed by atoms with E-state index in [1.807, 2.05) is 13.0 Å². The van der Waals surface area contributed by atoms with E-state index in [1.54, 1.807) is 6.07 Å². The van der Waals surface area contributed by atoms with Gasteiger partial charge in [0, 0.05) is 29.4 Å². The molecule has 6 heteroatoms. The van der Waals surface area contributed by atoms with E-state index in [-0.39, 0.29) is 12.1 Å². The van der Waals surface area contributed by atoms with Crippen LogP contribution in [0.3, 0.4) is 0 Å². The Morgan fingerprint density at radius 1 is 1.42 bits per heavy atom. The van der Waals surface area contributed by atoms with Gasteiger partial charge in [0.25, 0.3) is 0 Å². The maximum absolute atomic E-state index is 11.9. The zero-order valence-corrected chi connectivity index (χ0v) is 13.0. The van der Waals surface area contributed by atoms with Crippen LogP contribution in [0.2, 0.25) is 5.02 Å². The Morgan fingerprint density at radius 2 is 2.11 bits per heavy atom. The maximum atomic E-state index is 11.9. The summed E-state index contributed by atoms with van der Waals surface area (Å²) in [5.74, 6) is 0. The van der Waals surface area contributed by atoms with Crippen molar-refractivity contribution in [2.45, 2.75) is 25.8 Å². The van der Waals surface area contributed by atoms with Gasteiger partial charge in [-0.2, -0.15) is 0 Å². The predicted molar refractivity (Wildman–Crippen MR) is 79.9 cm³/mol. The molecule has 2 rings (SSSR count). The third-order valence-electron chi connectivity index (χ3n) is 3.07. The molecule has 0 atom stereocenters. The lowest BCUT2D eigenvalue weighted by Gasteiger charge is -2.23. The van der Waals surface area contributed by atoms with Gasteiger partial charge in [0.05, 0.1) is 5.02 Å². The van der Waals surface area contributed by atoms with Crippen molar-refractivity contribution in [3.05, 3.63) is 27.2 Å². The molecule has 1 aliphatic heterocycles. The van der Waals surface area contributed by atoms with Crippen LogP contribution in [0.15, 0.2) is 16.6 Å². The molecule has 104 valence electrons. The largest absolute Gasteiger partial charge is 0.381 e. The lowest BCUT2D eigenvalue weighted by atomic mass is 10.1. The minimum absolute atomic E-state index is 0.181. The van der Waals surface area contributed by atoms with Crippen molar-refractivity contribution in [2.75, 3.05) is 18.5 Å². The predicted octanol–water partition coefficient (Wildman–Crippen LogP) is 3.71. The van der Waals surface area contributed by atoms with E-state index in [2.05, 4.69) is 26.6 Å². The molecule has 19 heavy (non-hydrogen) atoms. The molecule has 0 aliphatic carbocycles. The quantitative estimate of drug-likeness (QED) is 0.857. The van der Waals surface area contributed by atoms with E-state index < -0.39 is 0 Å². The first kappa shape index (κ1) is 14.6. The van der Waals surface area contributed by atoms with E-state index >= 15 is 0 Å². The Bertz CT molecular complexity index is 476. The van der Waals surface area contributed by atoms with Crippen LogP contribution in [0.4, 0.5) is 10.5 Å². The molecule has 2 amide bonds. The zero-order chi connectivity index (χ0) is 13.8. The molecule has 1 saturated heterocycles. The molecule has 0 aromatic heterocycles. The molecule has 0 unspecified atom stereocenters. The van der Waals surface area contributed by atoms with E-state index in [0.717, 1.165) is 28.6 Å². The fourth-order valence-electron chi connectivity index (χ4n) is 1.97. The van der Waals surface area contributed by atoms with Crippen LogP contribution in [0, 0.1) is 6.92 Å². The van der Waals surface area contributed by atoms with Gasteiger partial charge >= 0.3 is 6.03 Å². The van der Waals surface area contributed by atoms with Crippen molar-refractivity contribution >= 4 is 39.2 Å². The lowest BCUT2D eigenvalue weighted by Crippen LogP contribution is -2.41. The first-order valence-corrected chi connectivity index (χ1v) is 7.34. The monoisotopic (exact) mass is 346 g/mol. The van der Waals surface area contributed by atoms with Gasteiger partial charge < -0.3 is 15.4 Å². The van der Waals surface area contributed by atoms with E-state index in [0.29, 0.717) is 18.2 Å². The Kier molecular flexibility index (Phi) is 5.07. The minimum atomic E-state index is -0.201. The SMILES string of the molecule is Cc1cc(Br)c(Cl)cc1NC(=O)NC1CCOCC1. The first-order valence-electron chi connectivity index (χ1n) is 6.17. The summed E-state index contributed by atoms with van der Waals surface area (Å²) in [7, 11) is 0. The van der Waals surface area contributed by atoms with Gasteiger partial charge in [-0.05, 0) is 53.4 Å². The molecular weight excluding hydrogens is 332 g/mol. The summed E-state index contributed by atoms with van der Waals surface area (Å²) in [6, 6.07) is 3.60. The van der Waals surface area contributed by atoms with Gasteiger partial charge in [0.15, 0.2) is 0 Å². The number of rotatable bonds is 2. The normalized spacial score (nSPS) is 16.2. The highest BCUT2D eigenvalue weighted by atomic mass is 79.9. The number of anilines is 1. The van der Waals surface area contributed by atoms with Crippen molar-refractivity contribution in [2.24, 2.45) is 0 Å². The molecule has 1 aromatic carbocycles. The molecule has 1 heterocycles. The number of hydrogen-bond donors (Lipinski definition) is 2. The van der Waals surface area contributed by atoms with Crippen molar-refractivity contribution in [1.29, 1.82) is 0 Å². The van der Waals surface area contributed by atoms with Crippen molar-refractivity contribution in [3.63, 3.8) is 0 Å². The fourth-order valence-corrected chi connectivity index (χ4v) is 2.59. The summed E-state index contributed by atoms with van der Waals surface area (Å²) in [6.45, 7) is 3.33. The van der Waals surface area contributed by atoms with Crippen LogP contribution >= 0.6 is 27.5 Å². The average molecular weight is 348 g/mol. The fraction of sp³-hybridized carbons (Fsp3) is 0.462. The van der Waals surface area contributed by atoms with Crippen LogP contribution in [0.5, 0.6) is 0 Å². The van der Waals surface area contributed by atoms with E-state index in [1.165, 1.54) is 0 Å². The van der Waals surface area contributed by atoms with Gasteiger partial charge in [0.2, 0.25) is 0 Å². The summed E-state index contributed by atoms with van der Waals surface area (Å²) in [4.78, 5) is 11.9. The Morgan fingerprint density at radius 3 is 2.79 bits per heavy atom. The van der Waals surface area contributed by atoms with Gasteiger partial charge in [-0.3, -0.25) is 0 Å². The van der Waals surface area contributed by atoms with Crippen LogP contribution in [0.25, 0.3) is 0 Å². The topological polar surface area (TPSA) is 50.4 Å². The first-order chi connectivity index (χ1) is 9.06. The van der Waals surface area contributed by atoms with Crippen LogP contribution < -0.4 is 10.6 Å². The van der Waals surface area contributed by atoms with Crippen molar-refractivity contribution < 1.29 is 9.53 Å². The maximum Gasteiger partial charge on any atom is 0.319 e. The summed E-state index contributed by atoms with van der Waals surface area (Å²) in [5.41, 5.74) is 1.68. The van der Waals surface area contributed by atoms with E-state index in [4.69, 9.17) is 16.3 Å². The number of carbonyl (C=O) groups is 1. The van der Waals surface area contributed by atoms with Gasteiger partial charge in [-0.25, -0.2) is 4.79 Å². The summed E-state index contributed by atoms with van der Waals surface area (Å²) in [6.07, 6.45) is 1.71. The molecule has 0 bridgehead atoms. The van der Waals surface area contributed by atoms with Gasteiger partial charge in [0.1, 0.15) is 0 Å². The Balaban J connectivity index is 1.96. The number of ether oxygens (including phenoxy) is 1. The number of hydrogen-bond acceptors (Lipinski definition) is 2. The number of carbonyl (C=O) groups excluding carboxylic acids is 1. The van der Waals surface area contributed by atoms with Crippen molar-refractivity contribution in [3.8, 4) is 0 Å². The van der Waals surface area contributed by atoms with Gasteiger partial charge in [-0.1, -0.05) is 11.6 Å². The summed E-state index contributed by atoms with van der Waals surface area (Å²) >= 11 is 9.38. The second-order valence-electron chi connectivity index (χ2n) is 4.57. The van der Waals surface area contributed by atoms with Gasteiger partial charge in [-0.15, -0.1) is 0 Å². The summed E-state index contributed by atoms with van der Waals surface area (Å²) < 4.78 is 6.07. The molecule has 2 N–H and O–H groups in total. The zero-order valence-electron chi connectivity index (χ0n) is 10.6. The van der Waals surface area contributed by atoms with Crippen LogP contribution in [0.1, 0.15) is 18.4 Å². The molecular formula is C13H16BrClN2O2. The molecule has 0 spiro atoms. The number of aryl methyl sites for hydroxylation is 1. The molecule has 1 fully saturated rings. The van der Waals surface area contributed by atoms with Crippen molar-refractivity contribution in [1.82, 2.24) is 5.32 Å². The second-order valence-corrected chi connectivity index (χ2v) is 5.83. The van der Waals surface area contributed by atoms with E-state index in [9.17, 15) is 4.79 Å². The van der Waals surface area contributed by atoms with Crippen LogP contribution in [-0.4, -0.2) is 25.3 Å². The number of benzene rings is 1. The molecule has 4 nitrogen and oxygen atoms in total. The highest BCUT2D eigenvalue weighted by Crippen LogP contribution is 2.28.